The van der Waals surface area contributed by atoms with Crippen LogP contribution in [0.3, 0.4) is 0 Å². The molecule has 6 heteroatoms. The summed E-state index contributed by atoms with van der Waals surface area (Å²) in [7, 11) is 1.45. The van der Waals surface area contributed by atoms with E-state index in [1.54, 1.807) is 16.7 Å². The molecule has 2 heterocycles. The third-order valence-electron chi connectivity index (χ3n) is 4.56. The lowest BCUT2D eigenvalue weighted by Gasteiger charge is -2.39. The second kappa shape index (κ2) is 6.79. The summed E-state index contributed by atoms with van der Waals surface area (Å²) < 4.78 is 4.94. The molecular weight excluding hydrogens is 300 g/mol. The summed E-state index contributed by atoms with van der Waals surface area (Å²) in [5, 5.41) is 1.80. The molecule has 1 aromatic heterocycles. The van der Waals surface area contributed by atoms with Crippen molar-refractivity contribution in [2.45, 2.75) is 33.2 Å². The summed E-state index contributed by atoms with van der Waals surface area (Å²) in [5.74, 6) is -0.249. The Bertz CT molecular complexity index is 553. The van der Waals surface area contributed by atoms with E-state index in [-0.39, 0.29) is 17.8 Å². The van der Waals surface area contributed by atoms with Gasteiger partial charge in [0.05, 0.1) is 18.1 Å². The van der Waals surface area contributed by atoms with Crippen molar-refractivity contribution in [3.63, 3.8) is 0 Å². The molecule has 1 saturated heterocycles. The minimum Gasteiger partial charge on any atom is -0.469 e. The van der Waals surface area contributed by atoms with Gasteiger partial charge in [0.2, 0.25) is 5.91 Å². The maximum Gasteiger partial charge on any atom is 0.311 e. The number of rotatable bonds is 5. The van der Waals surface area contributed by atoms with Gasteiger partial charge in [-0.25, -0.2) is 0 Å². The summed E-state index contributed by atoms with van der Waals surface area (Å²) in [5.41, 5.74) is 5.39. The van der Waals surface area contributed by atoms with E-state index in [1.807, 2.05) is 19.9 Å². The molecule has 5 nitrogen and oxygen atoms in total. The van der Waals surface area contributed by atoms with Crippen LogP contribution in [0.15, 0.2) is 11.4 Å². The van der Waals surface area contributed by atoms with E-state index in [0.717, 1.165) is 37.4 Å². The highest BCUT2D eigenvalue weighted by Crippen LogP contribution is 2.35. The summed E-state index contributed by atoms with van der Waals surface area (Å²) in [4.78, 5) is 26.6. The summed E-state index contributed by atoms with van der Waals surface area (Å²) in [6, 6.07) is 1.86. The van der Waals surface area contributed by atoms with Crippen molar-refractivity contribution in [3.05, 3.63) is 21.9 Å². The molecule has 0 aromatic carbocycles. The van der Waals surface area contributed by atoms with E-state index < -0.39 is 5.41 Å². The number of hydrogen-bond donors (Lipinski definition) is 1. The smallest absolute Gasteiger partial charge is 0.311 e. The quantitative estimate of drug-likeness (QED) is 0.843. The average Bonchev–Trinajstić information content (AvgIpc) is 2.95. The Labute approximate surface area is 135 Å². The second-order valence-corrected chi connectivity index (χ2v) is 7.45. The molecule has 1 amide bonds. The maximum absolute atomic E-state index is 12.0. The van der Waals surface area contributed by atoms with E-state index in [2.05, 4.69) is 4.90 Å². The molecule has 2 rings (SSSR count). The minimum atomic E-state index is -0.471. The fourth-order valence-corrected chi connectivity index (χ4v) is 3.95. The number of carbonyl (C=O) groups excluding carboxylic acids is 2. The fourth-order valence-electron chi connectivity index (χ4n) is 3.03. The first kappa shape index (κ1) is 17.0. The van der Waals surface area contributed by atoms with Crippen LogP contribution in [0, 0.1) is 11.3 Å². The Morgan fingerprint density at radius 1 is 1.50 bits per heavy atom. The van der Waals surface area contributed by atoms with Crippen molar-refractivity contribution in [2.75, 3.05) is 20.2 Å². The molecule has 2 N–H and O–H groups in total. The van der Waals surface area contributed by atoms with Crippen LogP contribution in [0.25, 0.3) is 0 Å². The highest BCUT2D eigenvalue weighted by Gasteiger charge is 2.39. The summed E-state index contributed by atoms with van der Waals surface area (Å²) in [6.07, 6.45) is 2.11. The zero-order valence-electron chi connectivity index (χ0n) is 13.4. The van der Waals surface area contributed by atoms with Crippen molar-refractivity contribution in [3.8, 4) is 0 Å². The van der Waals surface area contributed by atoms with Crippen molar-refractivity contribution >= 4 is 23.2 Å². The van der Waals surface area contributed by atoms with Gasteiger partial charge < -0.3 is 10.5 Å². The third-order valence-corrected chi connectivity index (χ3v) is 5.48. The van der Waals surface area contributed by atoms with Crippen LogP contribution < -0.4 is 5.73 Å². The molecular formula is C16H24N2O3S. The molecule has 1 aromatic rings. The second-order valence-electron chi connectivity index (χ2n) is 6.45. The van der Waals surface area contributed by atoms with Crippen LogP contribution in [0.2, 0.25) is 0 Å². The third kappa shape index (κ3) is 3.67. The Balaban J connectivity index is 2.01. The number of piperidine rings is 1. The molecule has 1 aliphatic heterocycles. The Morgan fingerprint density at radius 3 is 2.82 bits per heavy atom. The molecule has 0 unspecified atom stereocenters. The van der Waals surface area contributed by atoms with Gasteiger partial charge in [-0.3, -0.25) is 14.5 Å². The molecule has 22 heavy (non-hydrogen) atoms. The van der Waals surface area contributed by atoms with Crippen molar-refractivity contribution in [2.24, 2.45) is 17.1 Å². The molecule has 0 radical (unpaired) electrons. The van der Waals surface area contributed by atoms with E-state index in [1.165, 1.54) is 7.11 Å². The number of nitrogens with two attached hydrogens (primary N) is 1. The van der Waals surface area contributed by atoms with E-state index >= 15 is 0 Å². The lowest BCUT2D eigenvalue weighted by atomic mass is 9.74. The molecule has 0 bridgehead atoms. The number of thiophene rings is 1. The number of carbonyl (C=O) groups is 2. The molecule has 0 saturated carbocycles. The molecule has 0 aliphatic carbocycles. The zero-order valence-corrected chi connectivity index (χ0v) is 14.2. The van der Waals surface area contributed by atoms with Gasteiger partial charge in [0.1, 0.15) is 0 Å². The number of methoxy groups -OCH3 is 1. The standard InChI is InChI=1S/C16H24N2O3S/c1-16(2,15(20)21-3)12-5-4-6-18(8-12)9-13-7-11(10-22-13)14(17)19/h7,10,12H,4-6,8-9H2,1-3H3,(H2,17,19)/t12-/m1/s1. The SMILES string of the molecule is COC(=O)C(C)(C)[C@@H]1CCCN(Cc2cc(C(N)=O)cs2)C1. The van der Waals surface area contributed by atoms with Gasteiger partial charge in [-0.05, 0) is 45.2 Å². The van der Waals surface area contributed by atoms with Gasteiger partial charge in [0, 0.05) is 23.3 Å². The van der Waals surface area contributed by atoms with Gasteiger partial charge in [-0.2, -0.15) is 0 Å². The van der Waals surface area contributed by atoms with Crippen molar-refractivity contribution in [1.29, 1.82) is 0 Å². The largest absolute Gasteiger partial charge is 0.469 e. The van der Waals surface area contributed by atoms with Gasteiger partial charge >= 0.3 is 5.97 Å². The first-order valence-electron chi connectivity index (χ1n) is 7.52. The predicted octanol–water partition coefficient (Wildman–Crippen LogP) is 2.26. The van der Waals surface area contributed by atoms with E-state index in [4.69, 9.17) is 10.5 Å². The van der Waals surface area contributed by atoms with Crippen LogP contribution in [0.4, 0.5) is 0 Å². The number of likely N-dealkylation sites (tertiary alicyclic amines) is 1. The van der Waals surface area contributed by atoms with Gasteiger partial charge in [0.15, 0.2) is 0 Å². The number of esters is 1. The van der Waals surface area contributed by atoms with Crippen LogP contribution in [-0.2, 0) is 16.1 Å². The average molecular weight is 324 g/mol. The Morgan fingerprint density at radius 2 is 2.23 bits per heavy atom. The summed E-state index contributed by atoms with van der Waals surface area (Å²) in [6.45, 7) is 6.60. The Kier molecular flexibility index (Phi) is 5.24. The van der Waals surface area contributed by atoms with Gasteiger partial charge in [0.25, 0.3) is 0 Å². The number of primary amides is 1. The lowest BCUT2D eigenvalue weighted by molar-refractivity contribution is -0.155. The topological polar surface area (TPSA) is 72.6 Å². The van der Waals surface area contributed by atoms with Gasteiger partial charge in [-0.15, -0.1) is 11.3 Å². The van der Waals surface area contributed by atoms with Crippen LogP contribution >= 0.6 is 11.3 Å². The first-order valence-corrected chi connectivity index (χ1v) is 8.40. The highest BCUT2D eigenvalue weighted by atomic mass is 32.1. The monoisotopic (exact) mass is 324 g/mol. The van der Waals surface area contributed by atoms with Gasteiger partial charge in [-0.1, -0.05) is 0 Å². The normalized spacial score (nSPS) is 19.9. The van der Waals surface area contributed by atoms with Crippen LogP contribution in [0.5, 0.6) is 0 Å². The zero-order chi connectivity index (χ0) is 16.3. The molecule has 1 fully saturated rings. The predicted molar refractivity (Wildman–Crippen MR) is 86.6 cm³/mol. The van der Waals surface area contributed by atoms with E-state index in [0.29, 0.717) is 5.56 Å². The number of nitrogens with zero attached hydrogens (tertiary/aromatic N) is 1. The highest BCUT2D eigenvalue weighted by molar-refractivity contribution is 7.10. The number of hydrogen-bond acceptors (Lipinski definition) is 5. The minimum absolute atomic E-state index is 0.147. The summed E-state index contributed by atoms with van der Waals surface area (Å²) >= 11 is 1.56. The Hall–Kier alpha value is -1.40. The van der Waals surface area contributed by atoms with Crippen LogP contribution in [-0.4, -0.2) is 37.0 Å². The van der Waals surface area contributed by atoms with E-state index in [9.17, 15) is 9.59 Å². The van der Waals surface area contributed by atoms with Crippen molar-refractivity contribution in [1.82, 2.24) is 4.90 Å². The molecule has 1 aliphatic rings. The fraction of sp³-hybridized carbons (Fsp3) is 0.625. The number of ether oxygens (including phenoxy) is 1. The van der Waals surface area contributed by atoms with Crippen molar-refractivity contribution < 1.29 is 14.3 Å². The first-order chi connectivity index (χ1) is 10.3. The molecule has 1 atom stereocenters. The molecule has 122 valence electrons. The maximum atomic E-state index is 12.0. The molecule has 0 spiro atoms. The lowest BCUT2D eigenvalue weighted by Crippen LogP contribution is -2.44. The number of amides is 1. The van der Waals surface area contributed by atoms with Crippen LogP contribution in [0.1, 0.15) is 41.9 Å².